The van der Waals surface area contributed by atoms with Crippen molar-refractivity contribution in [2.24, 2.45) is 0 Å². The summed E-state index contributed by atoms with van der Waals surface area (Å²) < 4.78 is 0. The zero-order chi connectivity index (χ0) is 11.4. The van der Waals surface area contributed by atoms with Gasteiger partial charge in [-0.1, -0.05) is 0 Å². The van der Waals surface area contributed by atoms with E-state index in [2.05, 4.69) is 29.2 Å². The number of hydrogen-bond donors (Lipinski definition) is 1. The van der Waals surface area contributed by atoms with Crippen molar-refractivity contribution in [2.75, 3.05) is 40.3 Å². The van der Waals surface area contributed by atoms with Gasteiger partial charge in [-0.2, -0.15) is 0 Å². The molecule has 2 rings (SSSR count). The monoisotopic (exact) mass is 225 g/mol. The molecule has 2 aliphatic rings. The van der Waals surface area contributed by atoms with Crippen LogP contribution in [0.2, 0.25) is 0 Å². The van der Waals surface area contributed by atoms with E-state index in [0.29, 0.717) is 0 Å². The van der Waals surface area contributed by atoms with E-state index in [9.17, 15) is 0 Å². The maximum atomic E-state index is 3.58. The van der Waals surface area contributed by atoms with E-state index >= 15 is 0 Å². The van der Waals surface area contributed by atoms with E-state index in [1.54, 1.807) is 0 Å². The predicted molar refractivity (Wildman–Crippen MR) is 68.8 cm³/mol. The van der Waals surface area contributed by atoms with Gasteiger partial charge in [0.05, 0.1) is 0 Å². The molecule has 1 aliphatic carbocycles. The fourth-order valence-electron chi connectivity index (χ4n) is 2.49. The van der Waals surface area contributed by atoms with E-state index in [-0.39, 0.29) is 0 Å². The number of hydrogen-bond acceptors (Lipinski definition) is 3. The molecule has 0 aromatic heterocycles. The second-order valence-electron chi connectivity index (χ2n) is 5.64. The van der Waals surface area contributed by atoms with Crippen LogP contribution in [-0.2, 0) is 0 Å². The summed E-state index contributed by atoms with van der Waals surface area (Å²) in [6, 6.07) is 1.68. The van der Waals surface area contributed by atoms with Crippen LogP contribution < -0.4 is 5.32 Å². The first-order chi connectivity index (χ1) is 7.75. The predicted octanol–water partition coefficient (Wildman–Crippen LogP) is 1.15. The average molecular weight is 225 g/mol. The molecule has 94 valence electrons. The minimum absolute atomic E-state index is 0.796. The third kappa shape index (κ3) is 4.04. The highest BCUT2D eigenvalue weighted by Crippen LogP contribution is 2.18. The zero-order valence-corrected chi connectivity index (χ0v) is 10.9. The van der Waals surface area contributed by atoms with Gasteiger partial charge in [0.2, 0.25) is 0 Å². The topological polar surface area (TPSA) is 18.5 Å². The minimum atomic E-state index is 0.796. The molecule has 1 aliphatic heterocycles. The van der Waals surface area contributed by atoms with Crippen molar-refractivity contribution in [3.63, 3.8) is 0 Å². The van der Waals surface area contributed by atoms with Crippen LogP contribution in [0.3, 0.4) is 0 Å². The summed E-state index contributed by atoms with van der Waals surface area (Å²) in [4.78, 5) is 5.00. The summed E-state index contributed by atoms with van der Waals surface area (Å²) in [5.41, 5.74) is 0. The van der Waals surface area contributed by atoms with Crippen molar-refractivity contribution in [2.45, 2.75) is 44.2 Å². The quantitative estimate of drug-likeness (QED) is 0.656. The lowest BCUT2D eigenvalue weighted by molar-refractivity contribution is 0.266. The Kier molecular flexibility index (Phi) is 4.62. The maximum absolute atomic E-state index is 3.58. The van der Waals surface area contributed by atoms with Crippen LogP contribution in [0.25, 0.3) is 0 Å². The standard InChI is InChI=1S/C13H27N3/c1-15(2)13-7-10-16(11-13)9-4-3-8-14-12-5-6-12/h12-14H,3-11H2,1-2H3. The molecule has 1 unspecified atom stereocenters. The lowest BCUT2D eigenvalue weighted by Gasteiger charge is -2.20. The molecule has 0 radical (unpaired) electrons. The van der Waals surface area contributed by atoms with Gasteiger partial charge in [-0.3, -0.25) is 0 Å². The van der Waals surface area contributed by atoms with Crippen LogP contribution in [0.1, 0.15) is 32.1 Å². The summed E-state index contributed by atoms with van der Waals surface area (Å²) in [5, 5.41) is 3.58. The Morgan fingerprint density at radius 2 is 2.00 bits per heavy atom. The number of likely N-dealkylation sites (tertiary alicyclic amines) is 1. The van der Waals surface area contributed by atoms with Crippen molar-refractivity contribution < 1.29 is 0 Å². The van der Waals surface area contributed by atoms with Crippen molar-refractivity contribution >= 4 is 0 Å². The average Bonchev–Trinajstić information content (AvgIpc) is 2.94. The van der Waals surface area contributed by atoms with E-state index in [4.69, 9.17) is 0 Å². The van der Waals surface area contributed by atoms with Gasteiger partial charge in [0.1, 0.15) is 0 Å². The molecule has 1 saturated heterocycles. The van der Waals surface area contributed by atoms with Crippen LogP contribution in [0, 0.1) is 0 Å². The molecule has 1 N–H and O–H groups in total. The van der Waals surface area contributed by atoms with Crippen molar-refractivity contribution in [1.82, 2.24) is 15.1 Å². The zero-order valence-electron chi connectivity index (χ0n) is 10.9. The third-order valence-corrected chi connectivity index (χ3v) is 3.89. The van der Waals surface area contributed by atoms with Crippen molar-refractivity contribution in [1.29, 1.82) is 0 Å². The highest BCUT2D eigenvalue weighted by atomic mass is 15.2. The Hall–Kier alpha value is -0.120. The Bertz CT molecular complexity index is 201. The molecule has 16 heavy (non-hydrogen) atoms. The van der Waals surface area contributed by atoms with Gasteiger partial charge in [-0.05, 0) is 65.8 Å². The molecule has 0 spiro atoms. The van der Waals surface area contributed by atoms with Gasteiger partial charge >= 0.3 is 0 Å². The van der Waals surface area contributed by atoms with Gasteiger partial charge in [0.25, 0.3) is 0 Å². The summed E-state index contributed by atoms with van der Waals surface area (Å²) in [7, 11) is 4.40. The molecule has 2 fully saturated rings. The molecule has 3 nitrogen and oxygen atoms in total. The first kappa shape index (κ1) is 12.3. The highest BCUT2D eigenvalue weighted by molar-refractivity contribution is 4.82. The Morgan fingerprint density at radius 3 is 2.62 bits per heavy atom. The van der Waals surface area contributed by atoms with Crippen LogP contribution in [0.15, 0.2) is 0 Å². The van der Waals surface area contributed by atoms with Crippen LogP contribution in [-0.4, -0.2) is 62.2 Å². The minimum Gasteiger partial charge on any atom is -0.314 e. The molecular formula is C13H27N3. The second kappa shape index (κ2) is 5.99. The summed E-state index contributed by atoms with van der Waals surface area (Å²) in [5.74, 6) is 0. The fraction of sp³-hybridized carbons (Fsp3) is 1.00. The first-order valence-corrected chi connectivity index (χ1v) is 6.88. The summed E-state index contributed by atoms with van der Waals surface area (Å²) >= 11 is 0. The van der Waals surface area contributed by atoms with Crippen LogP contribution in [0.4, 0.5) is 0 Å². The van der Waals surface area contributed by atoms with Gasteiger partial charge in [0, 0.05) is 18.6 Å². The first-order valence-electron chi connectivity index (χ1n) is 6.88. The largest absolute Gasteiger partial charge is 0.314 e. The molecule has 0 aromatic rings. The number of likely N-dealkylation sites (N-methyl/N-ethyl adjacent to an activating group) is 1. The van der Waals surface area contributed by atoms with Crippen LogP contribution >= 0.6 is 0 Å². The Balaban J connectivity index is 1.47. The lowest BCUT2D eigenvalue weighted by Crippen LogP contribution is -2.32. The molecule has 0 amide bonds. The van der Waals surface area contributed by atoms with Gasteiger partial charge < -0.3 is 15.1 Å². The summed E-state index contributed by atoms with van der Waals surface area (Å²) in [6.45, 7) is 5.12. The Morgan fingerprint density at radius 1 is 1.19 bits per heavy atom. The van der Waals surface area contributed by atoms with Gasteiger partial charge in [-0.15, -0.1) is 0 Å². The molecular weight excluding hydrogens is 198 g/mol. The van der Waals surface area contributed by atoms with Gasteiger partial charge in [-0.25, -0.2) is 0 Å². The molecule has 0 aromatic carbocycles. The normalized spacial score (nSPS) is 26.8. The second-order valence-corrected chi connectivity index (χ2v) is 5.64. The van der Waals surface area contributed by atoms with E-state index in [0.717, 1.165) is 12.1 Å². The molecule has 0 bridgehead atoms. The van der Waals surface area contributed by atoms with Crippen molar-refractivity contribution in [3.05, 3.63) is 0 Å². The molecule has 1 heterocycles. The molecule has 3 heteroatoms. The SMILES string of the molecule is CN(C)C1CCN(CCCCNC2CC2)C1. The van der Waals surface area contributed by atoms with Crippen molar-refractivity contribution in [3.8, 4) is 0 Å². The molecule has 1 atom stereocenters. The smallest absolute Gasteiger partial charge is 0.0229 e. The van der Waals surface area contributed by atoms with Gasteiger partial charge in [0.15, 0.2) is 0 Å². The third-order valence-electron chi connectivity index (χ3n) is 3.89. The number of rotatable bonds is 7. The van der Waals surface area contributed by atoms with E-state index in [1.165, 1.54) is 58.3 Å². The van der Waals surface area contributed by atoms with E-state index < -0.39 is 0 Å². The highest BCUT2D eigenvalue weighted by Gasteiger charge is 2.23. The summed E-state index contributed by atoms with van der Waals surface area (Å²) in [6.07, 6.45) is 6.89. The van der Waals surface area contributed by atoms with Crippen LogP contribution in [0.5, 0.6) is 0 Å². The number of unbranched alkanes of at least 4 members (excludes halogenated alkanes) is 1. The molecule has 1 saturated carbocycles. The van der Waals surface area contributed by atoms with E-state index in [1.807, 2.05) is 0 Å². The number of nitrogens with zero attached hydrogens (tertiary/aromatic N) is 2. The Labute approximate surface area is 100 Å². The maximum Gasteiger partial charge on any atom is 0.0229 e. The fourth-order valence-corrected chi connectivity index (χ4v) is 2.49. The lowest BCUT2D eigenvalue weighted by atomic mass is 10.2. The number of nitrogens with one attached hydrogen (secondary N) is 1.